The van der Waals surface area contributed by atoms with Crippen LogP contribution in [0.15, 0.2) is 0 Å². The van der Waals surface area contributed by atoms with Gasteiger partial charge in [-0.15, -0.1) is 0 Å². The molecular weight excluding hydrogens is 686 g/mol. The first-order valence-corrected chi connectivity index (χ1v) is 17.6. The van der Waals surface area contributed by atoms with Crippen molar-refractivity contribution in [2.45, 2.75) is 135 Å². The number of aliphatic hydroxyl groups is 1. The van der Waals surface area contributed by atoms with Crippen molar-refractivity contribution in [1.82, 2.24) is 37.2 Å². The van der Waals surface area contributed by atoms with E-state index in [1.807, 2.05) is 0 Å². The fraction of sp³-hybridized carbons (Fsp3) is 0.727. The van der Waals surface area contributed by atoms with Crippen LogP contribution >= 0.6 is 0 Å². The molecule has 7 amide bonds. The van der Waals surface area contributed by atoms with Gasteiger partial charge in [0.2, 0.25) is 41.4 Å². The summed E-state index contributed by atoms with van der Waals surface area (Å²) in [5, 5.41) is 43.5. The summed E-state index contributed by atoms with van der Waals surface area (Å²) in [5.74, 6) is -8.03. The molecule has 52 heavy (non-hydrogen) atoms. The van der Waals surface area contributed by atoms with Crippen molar-refractivity contribution in [3.8, 4) is 0 Å². The first kappa shape index (κ1) is 47.2. The summed E-state index contributed by atoms with van der Waals surface area (Å²) in [6.45, 7) is 4.20. The minimum atomic E-state index is -1.58. The molecule has 0 aliphatic rings. The lowest BCUT2D eigenvalue weighted by Crippen LogP contribution is -2.58. The van der Waals surface area contributed by atoms with Crippen LogP contribution in [-0.2, 0) is 43.2 Å². The van der Waals surface area contributed by atoms with Crippen molar-refractivity contribution in [2.75, 3.05) is 19.7 Å². The van der Waals surface area contributed by atoms with Gasteiger partial charge < -0.3 is 52.5 Å². The second kappa shape index (κ2) is 26.9. The Morgan fingerprint density at radius 3 is 1.46 bits per heavy atom. The Kier molecular flexibility index (Phi) is 24.4. The predicted octanol–water partition coefficient (Wildman–Crippen LogP) is -1.43. The Balaban J connectivity index is 4.52. The zero-order valence-electron chi connectivity index (χ0n) is 30.5. The normalized spacial score (nSPS) is 13.6. The van der Waals surface area contributed by atoms with Gasteiger partial charge in [-0.2, -0.15) is 0 Å². The summed E-state index contributed by atoms with van der Waals surface area (Å²) >= 11 is 0. The second-order valence-electron chi connectivity index (χ2n) is 12.5. The van der Waals surface area contributed by atoms with E-state index < -0.39 is 104 Å². The summed E-state index contributed by atoms with van der Waals surface area (Å²) < 4.78 is 0. The molecule has 0 aromatic carbocycles. The molecule has 0 spiro atoms. The van der Waals surface area contributed by atoms with Gasteiger partial charge in [-0.3, -0.25) is 38.4 Å². The van der Waals surface area contributed by atoms with Crippen LogP contribution in [0.3, 0.4) is 0 Å². The van der Waals surface area contributed by atoms with Crippen molar-refractivity contribution in [1.29, 1.82) is 0 Å². The average molecular weight is 744 g/mol. The Morgan fingerprint density at radius 1 is 0.500 bits per heavy atom. The Labute approximate surface area is 303 Å². The standard InChI is InChI=1S/C33H57N7O12/c1-5-6-7-8-9-10-11-12-13-14-25(42)34-17-26(43)36-20(2)29(47)35-18-27(44)37-21(3)30(48)40-24(19-41)32(50)38-22(4)31(49)39-23(33(51)52)15-16-28(45)46/h20-24,41H,5-19H2,1-4H3,(H,34,42)(H,35,47)(H,36,43)(H,37,44)(H,38,50)(H,39,49)(H,40,48)(H,45,46)(H,51,52)/t20-,21-,22-,23-,24-/m0/s1. The number of aliphatic carboxylic acids is 2. The minimum absolute atomic E-state index is 0.268. The fourth-order valence-electron chi connectivity index (χ4n) is 4.59. The van der Waals surface area contributed by atoms with Gasteiger partial charge in [-0.1, -0.05) is 58.3 Å². The maximum atomic E-state index is 12.6. The molecule has 0 aliphatic heterocycles. The van der Waals surface area contributed by atoms with Crippen molar-refractivity contribution in [3.63, 3.8) is 0 Å². The molecule has 0 radical (unpaired) electrons. The smallest absolute Gasteiger partial charge is 0.326 e. The summed E-state index contributed by atoms with van der Waals surface area (Å²) in [7, 11) is 0. The number of hydrogen-bond donors (Lipinski definition) is 10. The molecule has 19 heteroatoms. The Morgan fingerprint density at radius 2 is 0.962 bits per heavy atom. The zero-order valence-corrected chi connectivity index (χ0v) is 30.5. The molecule has 0 rings (SSSR count). The molecule has 296 valence electrons. The molecule has 0 aliphatic carbocycles. The first-order chi connectivity index (χ1) is 24.5. The number of rotatable bonds is 28. The van der Waals surface area contributed by atoms with Gasteiger partial charge in [-0.25, -0.2) is 4.79 Å². The number of carbonyl (C=O) groups is 9. The van der Waals surface area contributed by atoms with Gasteiger partial charge in [0.1, 0.15) is 30.2 Å². The van der Waals surface area contributed by atoms with Crippen LogP contribution in [0.1, 0.15) is 105 Å². The monoisotopic (exact) mass is 743 g/mol. The molecule has 0 saturated heterocycles. The van der Waals surface area contributed by atoms with Gasteiger partial charge >= 0.3 is 11.9 Å². The van der Waals surface area contributed by atoms with Crippen LogP contribution in [0.4, 0.5) is 0 Å². The van der Waals surface area contributed by atoms with Crippen LogP contribution < -0.4 is 37.2 Å². The van der Waals surface area contributed by atoms with Crippen LogP contribution in [0.2, 0.25) is 0 Å². The summed E-state index contributed by atoms with van der Waals surface area (Å²) in [5.41, 5.74) is 0. The number of aliphatic hydroxyl groups excluding tert-OH is 1. The maximum absolute atomic E-state index is 12.6. The molecule has 0 aromatic heterocycles. The topological polar surface area (TPSA) is 299 Å². The third-order valence-corrected chi connectivity index (χ3v) is 7.75. The second-order valence-corrected chi connectivity index (χ2v) is 12.5. The molecule has 0 saturated carbocycles. The minimum Gasteiger partial charge on any atom is -0.481 e. The van der Waals surface area contributed by atoms with Gasteiger partial charge in [0.15, 0.2) is 0 Å². The summed E-state index contributed by atoms with van der Waals surface area (Å²) in [6, 6.07) is -6.76. The van der Waals surface area contributed by atoms with Crippen LogP contribution in [-0.4, -0.2) is 119 Å². The third-order valence-electron chi connectivity index (χ3n) is 7.75. The molecule has 0 bridgehead atoms. The maximum Gasteiger partial charge on any atom is 0.326 e. The lowest BCUT2D eigenvalue weighted by Gasteiger charge is -2.22. The van der Waals surface area contributed by atoms with Gasteiger partial charge in [0, 0.05) is 12.8 Å². The number of carbonyl (C=O) groups excluding carboxylic acids is 7. The first-order valence-electron chi connectivity index (χ1n) is 17.6. The van der Waals surface area contributed by atoms with E-state index in [9.17, 15) is 53.4 Å². The number of nitrogens with one attached hydrogen (secondary N) is 7. The van der Waals surface area contributed by atoms with E-state index in [4.69, 9.17) is 5.11 Å². The van der Waals surface area contributed by atoms with Crippen molar-refractivity contribution >= 4 is 53.3 Å². The van der Waals surface area contributed by atoms with Crippen molar-refractivity contribution < 1.29 is 58.5 Å². The molecule has 0 unspecified atom stereocenters. The quantitative estimate of drug-likeness (QED) is 0.0413. The number of hydrogen-bond acceptors (Lipinski definition) is 10. The van der Waals surface area contributed by atoms with Crippen molar-refractivity contribution in [2.24, 2.45) is 0 Å². The number of carboxylic acid groups (broad SMARTS) is 2. The van der Waals surface area contributed by atoms with Gasteiger partial charge in [-0.05, 0) is 33.6 Å². The predicted molar refractivity (Wildman–Crippen MR) is 186 cm³/mol. The highest BCUT2D eigenvalue weighted by Crippen LogP contribution is 2.10. The fourth-order valence-corrected chi connectivity index (χ4v) is 4.59. The highest BCUT2D eigenvalue weighted by molar-refractivity contribution is 5.96. The zero-order chi connectivity index (χ0) is 39.6. The summed E-state index contributed by atoms with van der Waals surface area (Å²) in [6.07, 6.45) is 9.36. The van der Waals surface area contributed by atoms with E-state index in [1.165, 1.54) is 52.9 Å². The van der Waals surface area contributed by atoms with Crippen LogP contribution in [0.25, 0.3) is 0 Å². The molecule has 0 aromatic rings. The molecule has 5 atom stereocenters. The molecule has 0 heterocycles. The number of amides is 7. The van der Waals surface area contributed by atoms with E-state index in [2.05, 4.69) is 44.1 Å². The van der Waals surface area contributed by atoms with Crippen molar-refractivity contribution in [3.05, 3.63) is 0 Å². The Bertz CT molecular complexity index is 1220. The Hall–Kier alpha value is -4.81. The molecule has 10 N–H and O–H groups in total. The lowest BCUT2D eigenvalue weighted by atomic mass is 10.1. The van der Waals surface area contributed by atoms with E-state index >= 15 is 0 Å². The lowest BCUT2D eigenvalue weighted by molar-refractivity contribution is -0.143. The van der Waals surface area contributed by atoms with Crippen LogP contribution in [0, 0.1) is 0 Å². The molecule has 19 nitrogen and oxygen atoms in total. The van der Waals surface area contributed by atoms with Crippen LogP contribution in [0.5, 0.6) is 0 Å². The summed E-state index contributed by atoms with van der Waals surface area (Å²) in [4.78, 5) is 108. The number of unbranched alkanes of at least 4 members (excludes halogenated alkanes) is 8. The van der Waals surface area contributed by atoms with E-state index in [0.717, 1.165) is 25.7 Å². The highest BCUT2D eigenvalue weighted by Gasteiger charge is 2.28. The largest absolute Gasteiger partial charge is 0.481 e. The van der Waals surface area contributed by atoms with E-state index in [1.54, 1.807) is 0 Å². The molecular formula is C33H57N7O12. The van der Waals surface area contributed by atoms with Gasteiger partial charge in [0.05, 0.1) is 19.7 Å². The molecule has 0 fully saturated rings. The average Bonchev–Trinajstić information content (AvgIpc) is 3.08. The van der Waals surface area contributed by atoms with E-state index in [-0.39, 0.29) is 12.5 Å². The number of carboxylic acids is 2. The highest BCUT2D eigenvalue weighted by atomic mass is 16.4. The van der Waals surface area contributed by atoms with Gasteiger partial charge in [0.25, 0.3) is 0 Å². The third kappa shape index (κ3) is 22.1. The van der Waals surface area contributed by atoms with E-state index in [0.29, 0.717) is 6.42 Å². The SMILES string of the molecule is CCCCCCCCCCCC(=O)NCC(=O)N[C@@H](C)C(=O)NCC(=O)N[C@@H](C)C(=O)N[C@@H](CO)C(=O)N[C@@H](C)C(=O)N[C@@H](CCC(=O)O)C(=O)O.